The van der Waals surface area contributed by atoms with Crippen LogP contribution in [0.4, 0.5) is 0 Å². The maximum absolute atomic E-state index is 8.80. The summed E-state index contributed by atoms with van der Waals surface area (Å²) in [6, 6.07) is 1.80. The van der Waals surface area contributed by atoms with Crippen LogP contribution in [0.2, 0.25) is 0 Å². The molecular weight excluding hydrogens is 170 g/mol. The second kappa shape index (κ2) is 3.89. The first kappa shape index (κ1) is 8.72. The lowest BCUT2D eigenvalue weighted by atomic mass is 9.99. The van der Waals surface area contributed by atoms with Crippen molar-refractivity contribution >= 4 is 0 Å². The minimum atomic E-state index is -0.0585. The number of aliphatic hydroxyl groups excluding tert-OH is 1. The molecule has 0 radical (unpaired) electrons. The van der Waals surface area contributed by atoms with Crippen molar-refractivity contribution in [2.24, 2.45) is 0 Å². The predicted octanol–water partition coefficient (Wildman–Crippen LogP) is 1.06. The van der Waals surface area contributed by atoms with Crippen molar-refractivity contribution in [2.45, 2.75) is 25.4 Å². The summed E-state index contributed by atoms with van der Waals surface area (Å²) < 4.78 is 10.4. The molecular formula is C9H13NO3. The highest BCUT2D eigenvalue weighted by Crippen LogP contribution is 2.25. The van der Waals surface area contributed by atoms with E-state index in [0.717, 1.165) is 25.2 Å². The number of hydrogen-bond donors (Lipinski definition) is 1. The minimum Gasteiger partial charge on any atom is -0.390 e. The van der Waals surface area contributed by atoms with Crippen LogP contribution in [0.15, 0.2) is 10.6 Å². The van der Waals surface area contributed by atoms with Crippen molar-refractivity contribution in [3.63, 3.8) is 0 Å². The fourth-order valence-corrected chi connectivity index (χ4v) is 1.56. The van der Waals surface area contributed by atoms with Gasteiger partial charge in [-0.3, -0.25) is 0 Å². The van der Waals surface area contributed by atoms with Crippen molar-refractivity contribution in [3.05, 3.63) is 17.5 Å². The van der Waals surface area contributed by atoms with E-state index in [2.05, 4.69) is 5.16 Å². The van der Waals surface area contributed by atoms with Crippen LogP contribution in [-0.4, -0.2) is 23.5 Å². The zero-order valence-electron chi connectivity index (χ0n) is 7.40. The Kier molecular flexibility index (Phi) is 2.61. The molecule has 1 atom stereocenters. The van der Waals surface area contributed by atoms with E-state index in [-0.39, 0.29) is 6.61 Å². The Bertz CT molecular complexity index is 266. The van der Waals surface area contributed by atoms with E-state index < -0.39 is 0 Å². The van der Waals surface area contributed by atoms with Crippen LogP contribution < -0.4 is 0 Å². The topological polar surface area (TPSA) is 55.5 Å². The van der Waals surface area contributed by atoms with Crippen molar-refractivity contribution in [3.8, 4) is 0 Å². The molecule has 2 heterocycles. The third-order valence-electron chi connectivity index (χ3n) is 2.30. The first-order valence-electron chi connectivity index (χ1n) is 4.54. The Morgan fingerprint density at radius 2 is 2.54 bits per heavy atom. The van der Waals surface area contributed by atoms with E-state index in [9.17, 15) is 0 Å². The molecule has 0 bridgehead atoms. The molecule has 1 aromatic heterocycles. The van der Waals surface area contributed by atoms with Gasteiger partial charge in [-0.15, -0.1) is 0 Å². The smallest absolute Gasteiger partial charge is 0.142 e. The monoisotopic (exact) mass is 183 g/mol. The molecule has 1 fully saturated rings. The van der Waals surface area contributed by atoms with E-state index in [1.54, 1.807) is 6.07 Å². The fourth-order valence-electron chi connectivity index (χ4n) is 1.56. The quantitative estimate of drug-likeness (QED) is 0.744. The molecule has 1 N–H and O–H groups in total. The first-order valence-corrected chi connectivity index (χ1v) is 4.54. The van der Waals surface area contributed by atoms with Crippen LogP contribution in [0, 0.1) is 0 Å². The lowest BCUT2D eigenvalue weighted by Crippen LogP contribution is -2.14. The first-order chi connectivity index (χ1) is 6.40. The van der Waals surface area contributed by atoms with Gasteiger partial charge in [-0.05, 0) is 12.8 Å². The van der Waals surface area contributed by atoms with E-state index in [0.29, 0.717) is 18.2 Å². The molecule has 0 saturated carbocycles. The van der Waals surface area contributed by atoms with E-state index >= 15 is 0 Å². The summed E-state index contributed by atoms with van der Waals surface area (Å²) in [6.07, 6.45) is 2.15. The highest BCUT2D eigenvalue weighted by molar-refractivity contribution is 5.09. The second-order valence-electron chi connectivity index (χ2n) is 3.29. The number of nitrogens with zero attached hydrogens (tertiary/aromatic N) is 1. The van der Waals surface area contributed by atoms with Gasteiger partial charge in [0.05, 0.1) is 13.2 Å². The minimum absolute atomic E-state index is 0.0585. The zero-order valence-corrected chi connectivity index (χ0v) is 7.40. The lowest BCUT2D eigenvalue weighted by molar-refractivity contribution is 0.0720. The van der Waals surface area contributed by atoms with Crippen LogP contribution >= 0.6 is 0 Å². The van der Waals surface area contributed by atoms with Gasteiger partial charge in [-0.1, -0.05) is 5.16 Å². The lowest BCUT2D eigenvalue weighted by Gasteiger charge is -2.18. The van der Waals surface area contributed by atoms with E-state index in [4.69, 9.17) is 14.4 Å². The standard InChI is InChI=1S/C9H13NO3/c11-5-8-4-9(13-10-8)7-2-1-3-12-6-7/h4,7,11H,1-3,5-6H2. The Morgan fingerprint density at radius 1 is 1.62 bits per heavy atom. The van der Waals surface area contributed by atoms with E-state index in [1.807, 2.05) is 0 Å². The van der Waals surface area contributed by atoms with Gasteiger partial charge in [-0.2, -0.15) is 0 Å². The number of rotatable bonds is 2. The molecule has 0 aromatic carbocycles. The van der Waals surface area contributed by atoms with Gasteiger partial charge in [0.25, 0.3) is 0 Å². The summed E-state index contributed by atoms with van der Waals surface area (Å²) in [4.78, 5) is 0. The predicted molar refractivity (Wildman–Crippen MR) is 45.2 cm³/mol. The number of aliphatic hydroxyl groups is 1. The molecule has 2 rings (SSSR count). The zero-order chi connectivity index (χ0) is 9.10. The largest absolute Gasteiger partial charge is 0.390 e. The highest BCUT2D eigenvalue weighted by Gasteiger charge is 2.20. The Morgan fingerprint density at radius 3 is 3.15 bits per heavy atom. The maximum atomic E-state index is 8.80. The number of hydrogen-bond acceptors (Lipinski definition) is 4. The molecule has 4 heteroatoms. The van der Waals surface area contributed by atoms with Crippen LogP contribution in [0.3, 0.4) is 0 Å². The SMILES string of the molecule is OCc1cc(C2CCCOC2)on1. The van der Waals surface area contributed by atoms with Crippen LogP contribution in [0.25, 0.3) is 0 Å². The van der Waals surface area contributed by atoms with Gasteiger partial charge in [0, 0.05) is 18.6 Å². The molecule has 72 valence electrons. The molecule has 4 nitrogen and oxygen atoms in total. The fraction of sp³-hybridized carbons (Fsp3) is 0.667. The van der Waals surface area contributed by atoms with Crippen LogP contribution in [-0.2, 0) is 11.3 Å². The Balaban J connectivity index is 2.05. The molecule has 0 amide bonds. The van der Waals surface area contributed by atoms with Gasteiger partial charge in [-0.25, -0.2) is 0 Å². The van der Waals surface area contributed by atoms with Crippen molar-refractivity contribution < 1.29 is 14.4 Å². The van der Waals surface area contributed by atoms with E-state index in [1.165, 1.54) is 0 Å². The molecule has 0 spiro atoms. The molecule has 13 heavy (non-hydrogen) atoms. The van der Waals surface area contributed by atoms with Gasteiger partial charge in [0.2, 0.25) is 0 Å². The third kappa shape index (κ3) is 1.89. The van der Waals surface area contributed by atoms with Gasteiger partial charge in [0.15, 0.2) is 0 Å². The average molecular weight is 183 g/mol. The molecule has 0 aliphatic carbocycles. The van der Waals surface area contributed by atoms with Crippen molar-refractivity contribution in [2.75, 3.05) is 13.2 Å². The van der Waals surface area contributed by atoms with Gasteiger partial charge in [0.1, 0.15) is 11.5 Å². The summed E-state index contributed by atoms with van der Waals surface area (Å²) in [7, 11) is 0. The molecule has 1 aromatic rings. The van der Waals surface area contributed by atoms with Crippen molar-refractivity contribution in [1.29, 1.82) is 0 Å². The summed E-state index contributed by atoms with van der Waals surface area (Å²) >= 11 is 0. The average Bonchev–Trinajstić information content (AvgIpc) is 2.67. The van der Waals surface area contributed by atoms with Crippen LogP contribution in [0.1, 0.15) is 30.2 Å². The molecule has 1 unspecified atom stereocenters. The molecule has 1 saturated heterocycles. The number of ether oxygens (including phenoxy) is 1. The van der Waals surface area contributed by atoms with Crippen molar-refractivity contribution in [1.82, 2.24) is 5.16 Å². The number of aromatic nitrogens is 1. The summed E-state index contributed by atoms with van der Waals surface area (Å²) in [5.41, 5.74) is 0.598. The normalized spacial score (nSPS) is 23.3. The molecule has 1 aliphatic heterocycles. The van der Waals surface area contributed by atoms with Gasteiger partial charge < -0.3 is 14.4 Å². The Labute approximate surface area is 76.5 Å². The third-order valence-corrected chi connectivity index (χ3v) is 2.30. The summed E-state index contributed by atoms with van der Waals surface area (Å²) in [5, 5.41) is 12.5. The molecule has 1 aliphatic rings. The highest BCUT2D eigenvalue weighted by atomic mass is 16.5. The summed E-state index contributed by atoms with van der Waals surface area (Å²) in [6.45, 7) is 1.49. The Hall–Kier alpha value is -0.870. The van der Waals surface area contributed by atoms with Gasteiger partial charge >= 0.3 is 0 Å². The second-order valence-corrected chi connectivity index (χ2v) is 3.29. The van der Waals surface area contributed by atoms with Crippen LogP contribution in [0.5, 0.6) is 0 Å². The maximum Gasteiger partial charge on any atom is 0.142 e. The summed E-state index contributed by atoms with van der Waals surface area (Å²) in [5.74, 6) is 1.16.